The summed E-state index contributed by atoms with van der Waals surface area (Å²) in [6.07, 6.45) is 3.04. The van der Waals surface area contributed by atoms with E-state index in [0.717, 1.165) is 10.9 Å². The minimum absolute atomic E-state index is 0.164. The first-order valence-electron chi connectivity index (χ1n) is 5.55. The number of hydrogen-bond donors (Lipinski definition) is 2. The van der Waals surface area contributed by atoms with Crippen LogP contribution in [0.3, 0.4) is 0 Å². The highest BCUT2D eigenvalue weighted by atomic mass is 35.5. The van der Waals surface area contributed by atoms with E-state index >= 15 is 0 Å². The molecule has 2 rings (SSSR count). The molecule has 0 atom stereocenters. The molecule has 6 heteroatoms. The predicted molar refractivity (Wildman–Crippen MR) is 73.5 cm³/mol. The van der Waals surface area contributed by atoms with Gasteiger partial charge in [-0.1, -0.05) is 23.2 Å². The molecule has 0 radical (unpaired) electrons. The van der Waals surface area contributed by atoms with Gasteiger partial charge < -0.3 is 4.57 Å². The topological polar surface area (TPSA) is 60.0 Å². The molecule has 0 spiro atoms. The number of aryl methyl sites for hydroxylation is 1. The lowest BCUT2D eigenvalue weighted by Crippen LogP contribution is -2.29. The van der Waals surface area contributed by atoms with Crippen LogP contribution in [0.25, 0.3) is 10.9 Å². The van der Waals surface area contributed by atoms with Gasteiger partial charge in [0.2, 0.25) is 5.91 Å². The Hall–Kier alpha value is -1.23. The van der Waals surface area contributed by atoms with E-state index in [2.05, 4.69) is 5.43 Å². The fourth-order valence-corrected chi connectivity index (χ4v) is 2.44. The zero-order valence-electron chi connectivity index (χ0n) is 9.62. The molecule has 96 valence electrons. The number of nitrogens with one attached hydrogen (secondary N) is 1. The van der Waals surface area contributed by atoms with Gasteiger partial charge in [-0.25, -0.2) is 5.84 Å². The van der Waals surface area contributed by atoms with E-state index in [-0.39, 0.29) is 5.91 Å². The van der Waals surface area contributed by atoms with Crippen molar-refractivity contribution in [3.8, 4) is 0 Å². The molecule has 3 N–H and O–H groups in total. The first-order chi connectivity index (χ1) is 8.61. The molecule has 0 aliphatic rings. The Morgan fingerprint density at radius 3 is 2.89 bits per heavy atom. The SMILES string of the molecule is NNC(=O)CCCn1ccc2c(Cl)cc(Cl)cc21. The molecule has 0 aliphatic carbocycles. The maximum Gasteiger partial charge on any atom is 0.233 e. The van der Waals surface area contributed by atoms with Crippen LogP contribution in [0.1, 0.15) is 12.8 Å². The lowest BCUT2D eigenvalue weighted by molar-refractivity contribution is -0.121. The summed E-state index contributed by atoms with van der Waals surface area (Å²) in [4.78, 5) is 11.0. The number of aromatic nitrogens is 1. The number of carbonyl (C=O) groups excluding carboxylic acids is 1. The second kappa shape index (κ2) is 5.61. The average Bonchev–Trinajstić information content (AvgIpc) is 2.72. The molecule has 0 saturated heterocycles. The van der Waals surface area contributed by atoms with Gasteiger partial charge in [0.1, 0.15) is 0 Å². The molecule has 4 nitrogen and oxygen atoms in total. The van der Waals surface area contributed by atoms with Gasteiger partial charge in [0, 0.05) is 29.6 Å². The van der Waals surface area contributed by atoms with Crippen LogP contribution < -0.4 is 11.3 Å². The van der Waals surface area contributed by atoms with Gasteiger partial charge in [-0.15, -0.1) is 0 Å². The molecule has 0 saturated carbocycles. The van der Waals surface area contributed by atoms with Crippen LogP contribution in [-0.2, 0) is 11.3 Å². The smallest absolute Gasteiger partial charge is 0.233 e. The van der Waals surface area contributed by atoms with Gasteiger partial charge in [0.05, 0.1) is 10.5 Å². The number of benzene rings is 1. The van der Waals surface area contributed by atoms with Crippen molar-refractivity contribution < 1.29 is 4.79 Å². The fourth-order valence-electron chi connectivity index (χ4n) is 1.90. The Balaban J connectivity index is 2.16. The summed E-state index contributed by atoms with van der Waals surface area (Å²) in [7, 11) is 0. The van der Waals surface area contributed by atoms with Crippen LogP contribution in [0.5, 0.6) is 0 Å². The second-order valence-corrected chi connectivity index (χ2v) is 4.84. The second-order valence-electron chi connectivity index (χ2n) is 4.00. The third kappa shape index (κ3) is 2.77. The van der Waals surface area contributed by atoms with E-state index in [1.807, 2.05) is 22.9 Å². The lowest BCUT2D eigenvalue weighted by atomic mass is 10.2. The minimum atomic E-state index is -0.164. The third-order valence-electron chi connectivity index (χ3n) is 2.77. The Labute approximate surface area is 115 Å². The summed E-state index contributed by atoms with van der Waals surface area (Å²) in [5, 5.41) is 2.20. The first kappa shape index (κ1) is 13.2. The standard InChI is InChI=1S/C12H13Cl2N3O/c13-8-6-10(14)9-3-5-17(11(9)7-8)4-1-2-12(18)16-15/h3,5-7H,1-2,4,15H2,(H,16,18). The van der Waals surface area contributed by atoms with Crippen molar-refractivity contribution in [2.24, 2.45) is 5.84 Å². The summed E-state index contributed by atoms with van der Waals surface area (Å²) in [6, 6.07) is 5.53. The molecular formula is C12H13Cl2N3O. The van der Waals surface area contributed by atoms with Crippen molar-refractivity contribution in [2.75, 3.05) is 0 Å². The zero-order valence-corrected chi connectivity index (χ0v) is 11.1. The summed E-state index contributed by atoms with van der Waals surface area (Å²) < 4.78 is 2.02. The molecule has 0 fully saturated rings. The summed E-state index contributed by atoms with van der Waals surface area (Å²) in [5.74, 6) is 4.86. The van der Waals surface area contributed by atoms with Crippen LogP contribution in [-0.4, -0.2) is 10.5 Å². The summed E-state index contributed by atoms with van der Waals surface area (Å²) >= 11 is 12.1. The molecular weight excluding hydrogens is 273 g/mol. The zero-order chi connectivity index (χ0) is 13.1. The number of carbonyl (C=O) groups is 1. The number of nitrogens with two attached hydrogens (primary N) is 1. The van der Waals surface area contributed by atoms with Crippen molar-refractivity contribution in [1.29, 1.82) is 0 Å². The van der Waals surface area contributed by atoms with Crippen LogP contribution in [0, 0.1) is 0 Å². The highest BCUT2D eigenvalue weighted by Crippen LogP contribution is 2.28. The van der Waals surface area contributed by atoms with Crippen LogP contribution >= 0.6 is 23.2 Å². The molecule has 0 aliphatic heterocycles. The monoisotopic (exact) mass is 285 g/mol. The van der Waals surface area contributed by atoms with E-state index in [4.69, 9.17) is 29.0 Å². The van der Waals surface area contributed by atoms with Gasteiger partial charge in [0.15, 0.2) is 0 Å². The van der Waals surface area contributed by atoms with Crippen LogP contribution in [0.4, 0.5) is 0 Å². The number of nitrogens with zero attached hydrogens (tertiary/aromatic N) is 1. The van der Waals surface area contributed by atoms with Gasteiger partial charge in [-0.3, -0.25) is 10.2 Å². The average molecular weight is 286 g/mol. The van der Waals surface area contributed by atoms with E-state index in [9.17, 15) is 4.79 Å². The number of halogens is 2. The number of hydrogen-bond acceptors (Lipinski definition) is 2. The predicted octanol–water partition coefficient (Wildman–Crippen LogP) is 2.72. The molecule has 1 aromatic carbocycles. The largest absolute Gasteiger partial charge is 0.347 e. The molecule has 1 amide bonds. The first-order valence-corrected chi connectivity index (χ1v) is 6.30. The molecule has 18 heavy (non-hydrogen) atoms. The normalized spacial score (nSPS) is 10.8. The quantitative estimate of drug-likeness (QED) is 0.516. The van der Waals surface area contributed by atoms with Crippen molar-refractivity contribution in [1.82, 2.24) is 9.99 Å². The molecule has 0 bridgehead atoms. The Kier molecular flexibility index (Phi) is 4.11. The highest BCUT2D eigenvalue weighted by molar-refractivity contribution is 6.38. The van der Waals surface area contributed by atoms with E-state index < -0.39 is 0 Å². The van der Waals surface area contributed by atoms with Gasteiger partial charge >= 0.3 is 0 Å². The van der Waals surface area contributed by atoms with Crippen molar-refractivity contribution >= 4 is 40.0 Å². The number of rotatable bonds is 4. The van der Waals surface area contributed by atoms with E-state index in [1.54, 1.807) is 6.07 Å². The maximum absolute atomic E-state index is 11.0. The summed E-state index contributed by atoms with van der Waals surface area (Å²) in [6.45, 7) is 0.716. The van der Waals surface area contributed by atoms with Crippen molar-refractivity contribution in [3.05, 3.63) is 34.4 Å². The molecule has 1 aromatic heterocycles. The molecule has 2 aromatic rings. The van der Waals surface area contributed by atoms with Crippen molar-refractivity contribution in [3.63, 3.8) is 0 Å². The minimum Gasteiger partial charge on any atom is -0.347 e. The number of fused-ring (bicyclic) bond motifs is 1. The van der Waals surface area contributed by atoms with Gasteiger partial charge in [0.25, 0.3) is 0 Å². The van der Waals surface area contributed by atoms with Gasteiger partial charge in [-0.05, 0) is 24.6 Å². The molecule has 0 unspecified atom stereocenters. The maximum atomic E-state index is 11.0. The Bertz CT molecular complexity index is 580. The highest BCUT2D eigenvalue weighted by Gasteiger charge is 2.07. The Morgan fingerprint density at radius 1 is 1.39 bits per heavy atom. The Morgan fingerprint density at radius 2 is 2.17 bits per heavy atom. The number of hydrazine groups is 1. The van der Waals surface area contributed by atoms with Gasteiger partial charge in [-0.2, -0.15) is 0 Å². The van der Waals surface area contributed by atoms with E-state index in [1.165, 1.54) is 0 Å². The van der Waals surface area contributed by atoms with Crippen molar-refractivity contribution in [2.45, 2.75) is 19.4 Å². The van der Waals surface area contributed by atoms with Crippen LogP contribution in [0.15, 0.2) is 24.4 Å². The third-order valence-corrected chi connectivity index (χ3v) is 3.30. The summed E-state index contributed by atoms with van der Waals surface area (Å²) in [5.41, 5.74) is 3.08. The lowest BCUT2D eigenvalue weighted by Gasteiger charge is -2.06. The van der Waals surface area contributed by atoms with Crippen LogP contribution in [0.2, 0.25) is 10.0 Å². The fraction of sp³-hybridized carbons (Fsp3) is 0.250. The molecule has 1 heterocycles. The number of amides is 1. The van der Waals surface area contributed by atoms with E-state index in [0.29, 0.717) is 29.4 Å².